The van der Waals surface area contributed by atoms with Crippen LogP contribution in [0.1, 0.15) is 62.3 Å². The van der Waals surface area contributed by atoms with Gasteiger partial charge in [0, 0.05) is 56.2 Å². The molecule has 0 unspecified atom stereocenters. The Labute approximate surface area is 306 Å². The maximum atomic E-state index is 14.1. The quantitative estimate of drug-likeness (QED) is 0.138. The number of methoxy groups -OCH3 is 1. The zero-order valence-electron chi connectivity index (χ0n) is 29.9. The van der Waals surface area contributed by atoms with Gasteiger partial charge < -0.3 is 20.3 Å². The first-order valence-corrected chi connectivity index (χ1v) is 17.6. The highest BCUT2D eigenvalue weighted by molar-refractivity contribution is 6.04. The van der Waals surface area contributed by atoms with Crippen molar-refractivity contribution in [3.05, 3.63) is 111 Å². The van der Waals surface area contributed by atoms with Crippen LogP contribution in [-0.4, -0.2) is 76.3 Å². The number of nitrogens with one attached hydrogen (secondary N) is 1. The van der Waals surface area contributed by atoms with E-state index in [4.69, 9.17) is 4.74 Å². The number of pyridine rings is 1. The van der Waals surface area contributed by atoms with Crippen molar-refractivity contribution in [2.24, 2.45) is 5.92 Å². The van der Waals surface area contributed by atoms with Crippen molar-refractivity contribution in [3.8, 4) is 16.9 Å². The van der Waals surface area contributed by atoms with Crippen molar-refractivity contribution in [1.82, 2.24) is 14.8 Å². The Balaban J connectivity index is 1.21. The van der Waals surface area contributed by atoms with E-state index in [2.05, 4.69) is 15.2 Å². The number of likely N-dealkylation sites (tertiary alicyclic amines) is 2. The minimum absolute atomic E-state index is 0.0304. The number of ether oxygens (including phenoxy) is 1. The number of aromatic nitrogens is 1. The molecule has 0 saturated carbocycles. The highest BCUT2D eigenvalue weighted by atomic mass is 19.4. The standard InChI is InChI=1S/C41H43F3N4O5/c1-25-28(11-12-29-18-27(10-13-35(29)41(42,43)44)21-47-16-14-30(22-47)40(51)52)6-4-7-33(25)34-8-5-9-36(26(34)2)46-39(50)37-19-38(53-3)31(20-45-37)23-48-17-15-32(49)24-48/h4-13,18-20,30,32,49H,14-17,21-24H2,1-3H3,(H,46,50)(H,51,52)/b12-11+/t30-,32-/m1/s1. The van der Waals surface area contributed by atoms with Gasteiger partial charge in [-0.1, -0.05) is 48.6 Å². The number of carbonyl (C=O) groups is 2. The lowest BCUT2D eigenvalue weighted by Gasteiger charge is -2.18. The molecular weight excluding hydrogens is 685 g/mol. The van der Waals surface area contributed by atoms with Crippen LogP contribution in [0, 0.1) is 19.8 Å². The Bertz CT molecular complexity index is 2030. The number of alkyl halides is 3. The third-order valence-corrected chi connectivity index (χ3v) is 10.2. The molecule has 1 amide bonds. The molecule has 0 aliphatic carbocycles. The van der Waals surface area contributed by atoms with E-state index < -0.39 is 29.5 Å². The van der Waals surface area contributed by atoms with E-state index in [1.54, 1.807) is 31.5 Å². The average Bonchev–Trinajstić information content (AvgIpc) is 3.77. The monoisotopic (exact) mass is 728 g/mol. The van der Waals surface area contributed by atoms with E-state index in [-0.39, 0.29) is 17.4 Å². The smallest absolute Gasteiger partial charge is 0.416 e. The van der Waals surface area contributed by atoms with Gasteiger partial charge in [0.2, 0.25) is 0 Å². The highest BCUT2D eigenvalue weighted by Gasteiger charge is 2.33. The van der Waals surface area contributed by atoms with Gasteiger partial charge in [0.15, 0.2) is 0 Å². The number of amides is 1. The molecule has 12 heteroatoms. The molecule has 6 rings (SSSR count). The van der Waals surface area contributed by atoms with E-state index >= 15 is 0 Å². The molecule has 0 spiro atoms. The zero-order chi connectivity index (χ0) is 37.9. The third-order valence-electron chi connectivity index (χ3n) is 10.2. The third kappa shape index (κ3) is 8.78. The SMILES string of the molecule is COc1cc(C(=O)Nc2cccc(-c3cccc(/C=C/c4cc(CN5CC[C@@H](C(=O)O)C5)ccc4C(F)(F)F)c3C)c2C)ncc1CN1CC[C@@H](O)C1. The number of carbonyl (C=O) groups excluding carboxylic acids is 1. The van der Waals surface area contributed by atoms with Crippen LogP contribution in [0.25, 0.3) is 23.3 Å². The Morgan fingerprint density at radius 2 is 1.62 bits per heavy atom. The van der Waals surface area contributed by atoms with Crippen LogP contribution in [0.2, 0.25) is 0 Å². The van der Waals surface area contributed by atoms with Crippen LogP contribution < -0.4 is 10.1 Å². The number of anilines is 1. The van der Waals surface area contributed by atoms with Crippen molar-refractivity contribution < 1.29 is 37.7 Å². The lowest BCUT2D eigenvalue weighted by atomic mass is 9.92. The van der Waals surface area contributed by atoms with Gasteiger partial charge in [-0.05, 0) is 90.4 Å². The first kappa shape index (κ1) is 37.7. The molecule has 0 radical (unpaired) electrons. The zero-order valence-corrected chi connectivity index (χ0v) is 29.9. The van der Waals surface area contributed by atoms with Crippen LogP contribution in [0.4, 0.5) is 18.9 Å². The summed E-state index contributed by atoms with van der Waals surface area (Å²) in [6.07, 6.45) is 1.11. The van der Waals surface area contributed by atoms with Crippen LogP contribution >= 0.6 is 0 Å². The van der Waals surface area contributed by atoms with Crippen LogP contribution in [0.3, 0.4) is 0 Å². The predicted octanol–water partition coefficient (Wildman–Crippen LogP) is 7.29. The van der Waals surface area contributed by atoms with Gasteiger partial charge in [-0.2, -0.15) is 13.2 Å². The van der Waals surface area contributed by atoms with Crippen molar-refractivity contribution in [2.45, 2.75) is 52.1 Å². The fourth-order valence-corrected chi connectivity index (χ4v) is 7.19. The maximum Gasteiger partial charge on any atom is 0.416 e. The molecule has 0 bridgehead atoms. The van der Waals surface area contributed by atoms with E-state index in [1.807, 2.05) is 49.1 Å². The first-order chi connectivity index (χ1) is 25.3. The van der Waals surface area contributed by atoms with Crippen molar-refractivity contribution in [1.29, 1.82) is 0 Å². The largest absolute Gasteiger partial charge is 0.496 e. The van der Waals surface area contributed by atoms with E-state index in [0.29, 0.717) is 62.6 Å². The number of halogens is 3. The molecule has 1 aromatic heterocycles. The lowest BCUT2D eigenvalue weighted by molar-refractivity contribution is -0.141. The molecule has 3 N–H and O–H groups in total. The summed E-state index contributed by atoms with van der Waals surface area (Å²) in [4.78, 5) is 33.3. The second-order valence-corrected chi connectivity index (χ2v) is 13.8. The van der Waals surface area contributed by atoms with Crippen molar-refractivity contribution in [2.75, 3.05) is 38.6 Å². The van der Waals surface area contributed by atoms with Gasteiger partial charge in [0.05, 0.1) is 24.7 Å². The summed E-state index contributed by atoms with van der Waals surface area (Å²) in [5, 5.41) is 22.2. The molecule has 9 nitrogen and oxygen atoms in total. The van der Waals surface area contributed by atoms with Gasteiger partial charge >= 0.3 is 12.1 Å². The lowest BCUT2D eigenvalue weighted by Crippen LogP contribution is -2.23. The van der Waals surface area contributed by atoms with E-state index in [0.717, 1.165) is 46.0 Å². The number of carboxylic acid groups (broad SMARTS) is 1. The predicted molar refractivity (Wildman–Crippen MR) is 197 cm³/mol. The van der Waals surface area contributed by atoms with Crippen LogP contribution in [0.15, 0.2) is 66.9 Å². The summed E-state index contributed by atoms with van der Waals surface area (Å²) in [6.45, 7) is 7.00. The van der Waals surface area contributed by atoms with E-state index in [9.17, 15) is 33.0 Å². The molecule has 53 heavy (non-hydrogen) atoms. The van der Waals surface area contributed by atoms with Gasteiger partial charge in [-0.25, -0.2) is 0 Å². The highest BCUT2D eigenvalue weighted by Crippen LogP contribution is 2.36. The Hall–Kier alpha value is -5.04. The number of aliphatic hydroxyl groups excluding tert-OH is 1. The molecular formula is C41H43F3N4O5. The number of nitrogens with zero attached hydrogens (tertiary/aromatic N) is 3. The van der Waals surface area contributed by atoms with Crippen molar-refractivity contribution in [3.63, 3.8) is 0 Å². The second-order valence-electron chi connectivity index (χ2n) is 13.8. The molecule has 2 atom stereocenters. The number of benzene rings is 3. The average molecular weight is 729 g/mol. The normalized spacial score (nSPS) is 18.2. The number of β-amino-alcohol motifs (C(OH)–C–C–N with tert-alkyl or cyclic N) is 1. The molecule has 4 aromatic rings. The summed E-state index contributed by atoms with van der Waals surface area (Å²) in [6, 6.07) is 16.9. The first-order valence-electron chi connectivity index (χ1n) is 17.6. The fourth-order valence-electron chi connectivity index (χ4n) is 7.19. The van der Waals surface area contributed by atoms with Gasteiger partial charge in [-0.15, -0.1) is 0 Å². The Kier molecular flexibility index (Phi) is 11.3. The van der Waals surface area contributed by atoms with E-state index in [1.165, 1.54) is 18.2 Å². The van der Waals surface area contributed by atoms with Crippen molar-refractivity contribution >= 4 is 29.7 Å². The number of carboxylic acids is 1. The minimum atomic E-state index is -4.56. The number of rotatable bonds is 11. The second kappa shape index (κ2) is 15.9. The van der Waals surface area contributed by atoms with Gasteiger partial charge in [0.25, 0.3) is 5.91 Å². The Morgan fingerprint density at radius 3 is 2.30 bits per heavy atom. The van der Waals surface area contributed by atoms with Crippen LogP contribution in [-0.2, 0) is 24.1 Å². The molecule has 3 aromatic carbocycles. The number of hydrogen-bond acceptors (Lipinski definition) is 7. The molecule has 2 saturated heterocycles. The summed E-state index contributed by atoms with van der Waals surface area (Å²) in [5.41, 5.74) is 5.66. The molecule has 2 aliphatic rings. The minimum Gasteiger partial charge on any atom is -0.496 e. The summed E-state index contributed by atoms with van der Waals surface area (Å²) >= 11 is 0. The molecule has 2 fully saturated rings. The van der Waals surface area contributed by atoms with Gasteiger partial charge in [-0.3, -0.25) is 24.4 Å². The number of hydrogen-bond donors (Lipinski definition) is 3. The maximum absolute atomic E-state index is 14.1. The topological polar surface area (TPSA) is 115 Å². The number of aliphatic carboxylic acids is 1. The Morgan fingerprint density at radius 1 is 0.925 bits per heavy atom. The van der Waals surface area contributed by atoms with Crippen LogP contribution in [0.5, 0.6) is 5.75 Å². The molecule has 2 aliphatic heterocycles. The summed E-state index contributed by atoms with van der Waals surface area (Å²) in [7, 11) is 1.54. The molecule has 3 heterocycles. The summed E-state index contributed by atoms with van der Waals surface area (Å²) in [5.74, 6) is -1.20. The molecule has 278 valence electrons. The number of aliphatic hydroxyl groups is 1. The fraction of sp³-hybridized carbons (Fsp3) is 0.341. The van der Waals surface area contributed by atoms with Gasteiger partial charge in [0.1, 0.15) is 11.4 Å². The summed E-state index contributed by atoms with van der Waals surface area (Å²) < 4.78 is 47.8.